The smallest absolute Gasteiger partial charge is 0.0483 e. The number of halogens is 3. The summed E-state index contributed by atoms with van der Waals surface area (Å²) in [6.07, 6.45) is 0. The van der Waals surface area contributed by atoms with Crippen LogP contribution in [0.1, 0.15) is 19.4 Å². The summed E-state index contributed by atoms with van der Waals surface area (Å²) < 4.78 is 0.999. The van der Waals surface area contributed by atoms with Crippen molar-refractivity contribution in [2.75, 3.05) is 6.54 Å². The first kappa shape index (κ1) is 14.3. The van der Waals surface area contributed by atoms with Gasteiger partial charge >= 0.3 is 0 Å². The van der Waals surface area contributed by atoms with E-state index in [9.17, 15) is 0 Å². The summed E-state index contributed by atoms with van der Waals surface area (Å²) in [7, 11) is 0. The van der Waals surface area contributed by atoms with Gasteiger partial charge in [-0.05, 0) is 23.6 Å². The summed E-state index contributed by atoms with van der Waals surface area (Å²) in [4.78, 5) is 0. The van der Waals surface area contributed by atoms with Crippen LogP contribution in [0, 0.1) is 5.92 Å². The quantitative estimate of drug-likeness (QED) is 0.789. The van der Waals surface area contributed by atoms with E-state index in [1.807, 2.05) is 18.2 Å². The zero-order valence-electron chi connectivity index (χ0n) is 9.43. The minimum Gasteiger partial charge on any atom is -0.311 e. The molecule has 0 aliphatic heterocycles. The maximum atomic E-state index is 6.14. The van der Waals surface area contributed by atoms with Gasteiger partial charge in [-0.25, -0.2) is 0 Å². The number of nitrogens with one attached hydrogen (secondary N) is 1. The second-order valence-electron chi connectivity index (χ2n) is 4.13. The standard InChI is InChI=1S/C12H16BrCl2N/c1-8(2)12(15)7-16-6-9-3-4-10(13)5-11(9)14/h3-5,8,12,16H,6-7H2,1-2H3. The lowest BCUT2D eigenvalue weighted by Gasteiger charge is -2.14. The monoisotopic (exact) mass is 323 g/mol. The molecule has 16 heavy (non-hydrogen) atoms. The predicted octanol–water partition coefficient (Wildman–Crippen LogP) is 4.46. The Kier molecular flexibility index (Phi) is 6.12. The molecule has 90 valence electrons. The second-order valence-corrected chi connectivity index (χ2v) is 6.01. The van der Waals surface area contributed by atoms with Gasteiger partial charge in [-0.15, -0.1) is 11.6 Å². The largest absolute Gasteiger partial charge is 0.311 e. The molecule has 0 heterocycles. The minimum absolute atomic E-state index is 0.161. The van der Waals surface area contributed by atoms with E-state index >= 15 is 0 Å². The topological polar surface area (TPSA) is 12.0 Å². The van der Waals surface area contributed by atoms with Crippen molar-refractivity contribution in [3.05, 3.63) is 33.3 Å². The van der Waals surface area contributed by atoms with E-state index in [4.69, 9.17) is 23.2 Å². The first-order valence-corrected chi connectivity index (χ1v) is 6.90. The Labute approximate surface area is 116 Å². The lowest BCUT2D eigenvalue weighted by molar-refractivity contribution is 0.546. The van der Waals surface area contributed by atoms with Gasteiger partial charge in [0.25, 0.3) is 0 Å². The summed E-state index contributed by atoms with van der Waals surface area (Å²) >= 11 is 15.6. The van der Waals surface area contributed by atoms with Crippen LogP contribution < -0.4 is 5.32 Å². The first-order valence-electron chi connectivity index (χ1n) is 5.29. The molecular weight excluding hydrogens is 309 g/mol. The Bertz CT molecular complexity index is 342. The molecule has 0 radical (unpaired) electrons. The molecular formula is C12H16BrCl2N. The Morgan fingerprint density at radius 3 is 2.62 bits per heavy atom. The lowest BCUT2D eigenvalue weighted by Crippen LogP contribution is -2.26. The van der Waals surface area contributed by atoms with Crippen LogP contribution in [0.5, 0.6) is 0 Å². The third-order valence-corrected chi connectivity index (χ3v) is 3.90. The van der Waals surface area contributed by atoms with E-state index in [-0.39, 0.29) is 5.38 Å². The van der Waals surface area contributed by atoms with Crippen LogP contribution in [0.25, 0.3) is 0 Å². The maximum absolute atomic E-state index is 6.14. The van der Waals surface area contributed by atoms with Crippen molar-refractivity contribution in [1.82, 2.24) is 5.32 Å². The van der Waals surface area contributed by atoms with E-state index in [1.54, 1.807) is 0 Å². The first-order chi connectivity index (χ1) is 7.50. The molecule has 0 aromatic heterocycles. The van der Waals surface area contributed by atoms with Crippen molar-refractivity contribution in [3.8, 4) is 0 Å². The fraction of sp³-hybridized carbons (Fsp3) is 0.500. The zero-order valence-corrected chi connectivity index (χ0v) is 12.5. The van der Waals surface area contributed by atoms with Crippen LogP contribution in [-0.2, 0) is 6.54 Å². The van der Waals surface area contributed by atoms with Gasteiger partial charge in [0.05, 0.1) is 0 Å². The highest BCUT2D eigenvalue weighted by Gasteiger charge is 2.09. The van der Waals surface area contributed by atoms with Crippen molar-refractivity contribution < 1.29 is 0 Å². The SMILES string of the molecule is CC(C)C(Cl)CNCc1ccc(Br)cc1Cl. The molecule has 0 bridgehead atoms. The van der Waals surface area contributed by atoms with E-state index in [2.05, 4.69) is 35.1 Å². The summed E-state index contributed by atoms with van der Waals surface area (Å²) in [5, 5.41) is 4.25. The predicted molar refractivity (Wildman–Crippen MR) is 75.3 cm³/mol. The van der Waals surface area contributed by atoms with Crippen LogP contribution in [0.4, 0.5) is 0 Å². The van der Waals surface area contributed by atoms with Gasteiger partial charge < -0.3 is 5.32 Å². The van der Waals surface area contributed by atoms with Crippen molar-refractivity contribution in [2.24, 2.45) is 5.92 Å². The minimum atomic E-state index is 0.161. The van der Waals surface area contributed by atoms with Gasteiger partial charge in [0.2, 0.25) is 0 Å². The van der Waals surface area contributed by atoms with Gasteiger partial charge in [-0.1, -0.05) is 47.4 Å². The lowest BCUT2D eigenvalue weighted by atomic mass is 10.1. The summed E-state index contributed by atoms with van der Waals surface area (Å²) in [5.41, 5.74) is 1.09. The van der Waals surface area contributed by atoms with Gasteiger partial charge in [-0.3, -0.25) is 0 Å². The van der Waals surface area contributed by atoms with E-state index in [0.717, 1.165) is 28.1 Å². The number of benzene rings is 1. The molecule has 0 saturated carbocycles. The Morgan fingerprint density at radius 1 is 1.38 bits per heavy atom. The van der Waals surface area contributed by atoms with Crippen LogP contribution in [0.2, 0.25) is 5.02 Å². The fourth-order valence-electron chi connectivity index (χ4n) is 1.25. The molecule has 0 amide bonds. The number of hydrogen-bond donors (Lipinski definition) is 1. The normalized spacial score (nSPS) is 13.1. The van der Waals surface area contributed by atoms with Crippen molar-refractivity contribution in [2.45, 2.75) is 25.8 Å². The number of rotatable bonds is 5. The van der Waals surface area contributed by atoms with Crippen LogP contribution in [0.15, 0.2) is 22.7 Å². The van der Waals surface area contributed by atoms with Gasteiger partial charge in [0.1, 0.15) is 0 Å². The Morgan fingerprint density at radius 2 is 2.06 bits per heavy atom. The summed E-state index contributed by atoms with van der Waals surface area (Å²) in [6, 6.07) is 5.90. The third kappa shape index (κ3) is 4.62. The molecule has 1 atom stereocenters. The average Bonchev–Trinajstić information content (AvgIpc) is 2.20. The van der Waals surface area contributed by atoms with Crippen LogP contribution in [-0.4, -0.2) is 11.9 Å². The molecule has 1 aromatic rings. The molecule has 0 spiro atoms. The second kappa shape index (κ2) is 6.85. The third-order valence-electron chi connectivity index (χ3n) is 2.39. The van der Waals surface area contributed by atoms with Crippen molar-refractivity contribution >= 4 is 39.1 Å². The summed E-state index contributed by atoms with van der Waals surface area (Å²) in [5.74, 6) is 0.481. The van der Waals surface area contributed by atoms with Crippen LogP contribution >= 0.6 is 39.1 Å². The molecule has 0 aliphatic carbocycles. The highest BCUT2D eigenvalue weighted by Crippen LogP contribution is 2.21. The molecule has 1 rings (SSSR count). The Balaban J connectivity index is 2.43. The average molecular weight is 325 g/mol. The van der Waals surface area contributed by atoms with E-state index in [1.165, 1.54) is 0 Å². The van der Waals surface area contributed by atoms with Crippen molar-refractivity contribution in [1.29, 1.82) is 0 Å². The van der Waals surface area contributed by atoms with Gasteiger partial charge in [0, 0.05) is 28.0 Å². The van der Waals surface area contributed by atoms with Gasteiger partial charge in [0.15, 0.2) is 0 Å². The zero-order chi connectivity index (χ0) is 12.1. The number of hydrogen-bond acceptors (Lipinski definition) is 1. The van der Waals surface area contributed by atoms with E-state index < -0.39 is 0 Å². The van der Waals surface area contributed by atoms with Crippen molar-refractivity contribution in [3.63, 3.8) is 0 Å². The molecule has 1 nitrogen and oxygen atoms in total. The molecule has 0 saturated heterocycles. The fourth-order valence-corrected chi connectivity index (χ4v) is 2.09. The molecule has 0 aliphatic rings. The highest BCUT2D eigenvalue weighted by atomic mass is 79.9. The van der Waals surface area contributed by atoms with E-state index in [0.29, 0.717) is 5.92 Å². The molecule has 1 N–H and O–H groups in total. The molecule has 1 unspecified atom stereocenters. The van der Waals surface area contributed by atoms with Crippen LogP contribution in [0.3, 0.4) is 0 Å². The van der Waals surface area contributed by atoms with Gasteiger partial charge in [-0.2, -0.15) is 0 Å². The molecule has 0 fully saturated rings. The summed E-state index contributed by atoms with van der Waals surface area (Å²) in [6.45, 7) is 5.78. The Hall–Kier alpha value is 0.240. The number of alkyl halides is 1. The molecule has 4 heteroatoms. The highest BCUT2D eigenvalue weighted by molar-refractivity contribution is 9.10. The maximum Gasteiger partial charge on any atom is 0.0483 e. The molecule has 1 aromatic carbocycles.